The van der Waals surface area contributed by atoms with Gasteiger partial charge in [-0.05, 0) is 53.2 Å². The zero-order valence-corrected chi connectivity index (χ0v) is 10.5. The summed E-state index contributed by atoms with van der Waals surface area (Å²) in [7, 11) is 2.20. The molecule has 0 aromatic carbocycles. The SMILES string of the molecule is CCOC(C)(CCN)C1CCCN(C)C1. The van der Waals surface area contributed by atoms with Crippen LogP contribution in [0.25, 0.3) is 0 Å². The standard InChI is InChI=1S/C12H26N2O/c1-4-15-12(2,7-8-13)11-6-5-9-14(3)10-11/h11H,4-10,13H2,1-3H3. The Bertz CT molecular complexity index is 178. The fourth-order valence-electron chi connectivity index (χ4n) is 2.68. The van der Waals surface area contributed by atoms with Crippen molar-refractivity contribution in [3.05, 3.63) is 0 Å². The first-order chi connectivity index (χ1) is 7.12. The average molecular weight is 214 g/mol. The largest absolute Gasteiger partial charge is 0.375 e. The maximum Gasteiger partial charge on any atom is 0.0706 e. The second-order valence-electron chi connectivity index (χ2n) is 4.89. The fourth-order valence-corrected chi connectivity index (χ4v) is 2.68. The summed E-state index contributed by atoms with van der Waals surface area (Å²) in [5.74, 6) is 0.639. The summed E-state index contributed by atoms with van der Waals surface area (Å²) in [6.45, 7) is 8.18. The Kier molecular flexibility index (Phi) is 5.03. The summed E-state index contributed by atoms with van der Waals surface area (Å²) in [5.41, 5.74) is 5.68. The third kappa shape index (κ3) is 3.44. The van der Waals surface area contributed by atoms with Crippen molar-refractivity contribution < 1.29 is 4.74 Å². The Morgan fingerprint density at radius 2 is 2.27 bits per heavy atom. The van der Waals surface area contributed by atoms with Gasteiger partial charge in [0.25, 0.3) is 0 Å². The second-order valence-corrected chi connectivity index (χ2v) is 4.89. The third-order valence-corrected chi connectivity index (χ3v) is 3.60. The molecule has 1 aliphatic heterocycles. The predicted molar refractivity (Wildman–Crippen MR) is 63.9 cm³/mol. The number of nitrogens with two attached hydrogens (primary N) is 1. The predicted octanol–water partition coefficient (Wildman–Crippen LogP) is 1.47. The minimum Gasteiger partial charge on any atom is -0.375 e. The van der Waals surface area contributed by atoms with E-state index >= 15 is 0 Å². The highest BCUT2D eigenvalue weighted by atomic mass is 16.5. The summed E-state index contributed by atoms with van der Waals surface area (Å²) >= 11 is 0. The van der Waals surface area contributed by atoms with Gasteiger partial charge in [-0.2, -0.15) is 0 Å². The number of hydrogen-bond donors (Lipinski definition) is 1. The van der Waals surface area contributed by atoms with Gasteiger partial charge in [0.2, 0.25) is 0 Å². The highest BCUT2D eigenvalue weighted by molar-refractivity contribution is 4.88. The van der Waals surface area contributed by atoms with Crippen LogP contribution in [0.3, 0.4) is 0 Å². The van der Waals surface area contributed by atoms with Crippen LogP contribution in [0.5, 0.6) is 0 Å². The molecule has 15 heavy (non-hydrogen) atoms. The molecule has 0 amide bonds. The van der Waals surface area contributed by atoms with Crippen LogP contribution in [0.4, 0.5) is 0 Å². The van der Waals surface area contributed by atoms with Gasteiger partial charge in [0.05, 0.1) is 5.60 Å². The van der Waals surface area contributed by atoms with Crippen LogP contribution in [0.1, 0.15) is 33.1 Å². The molecular formula is C12H26N2O. The van der Waals surface area contributed by atoms with E-state index in [4.69, 9.17) is 10.5 Å². The van der Waals surface area contributed by atoms with E-state index in [0.717, 1.165) is 26.1 Å². The van der Waals surface area contributed by atoms with E-state index in [9.17, 15) is 0 Å². The fraction of sp³-hybridized carbons (Fsp3) is 1.00. The van der Waals surface area contributed by atoms with E-state index < -0.39 is 0 Å². The molecule has 1 rings (SSSR count). The van der Waals surface area contributed by atoms with Crippen LogP contribution < -0.4 is 5.73 Å². The summed E-state index contributed by atoms with van der Waals surface area (Å²) in [6, 6.07) is 0. The van der Waals surface area contributed by atoms with Crippen LogP contribution in [0.2, 0.25) is 0 Å². The average Bonchev–Trinajstić information content (AvgIpc) is 2.18. The van der Waals surface area contributed by atoms with E-state index in [-0.39, 0.29) is 5.60 Å². The van der Waals surface area contributed by atoms with Gasteiger partial charge in [-0.15, -0.1) is 0 Å². The number of nitrogens with zero attached hydrogens (tertiary/aromatic N) is 1. The van der Waals surface area contributed by atoms with Gasteiger partial charge in [0, 0.05) is 19.1 Å². The molecule has 3 nitrogen and oxygen atoms in total. The van der Waals surface area contributed by atoms with E-state index in [1.54, 1.807) is 0 Å². The molecule has 1 fully saturated rings. The molecule has 2 unspecified atom stereocenters. The number of hydrogen-bond acceptors (Lipinski definition) is 3. The Hall–Kier alpha value is -0.120. The van der Waals surface area contributed by atoms with E-state index in [1.807, 2.05) is 0 Å². The van der Waals surface area contributed by atoms with Gasteiger partial charge in [-0.1, -0.05) is 0 Å². The van der Waals surface area contributed by atoms with E-state index in [0.29, 0.717) is 5.92 Å². The first-order valence-corrected chi connectivity index (χ1v) is 6.15. The Morgan fingerprint density at radius 3 is 2.80 bits per heavy atom. The molecular weight excluding hydrogens is 188 g/mol. The number of ether oxygens (including phenoxy) is 1. The van der Waals surface area contributed by atoms with Crippen molar-refractivity contribution in [2.45, 2.75) is 38.7 Å². The molecule has 0 bridgehead atoms. The molecule has 0 aromatic heterocycles. The molecule has 2 atom stereocenters. The first-order valence-electron chi connectivity index (χ1n) is 6.15. The van der Waals surface area contributed by atoms with Crippen molar-refractivity contribution in [3.63, 3.8) is 0 Å². The zero-order valence-electron chi connectivity index (χ0n) is 10.5. The summed E-state index contributed by atoms with van der Waals surface area (Å²) in [5, 5.41) is 0. The molecule has 0 aliphatic carbocycles. The van der Waals surface area contributed by atoms with Gasteiger partial charge in [-0.25, -0.2) is 0 Å². The van der Waals surface area contributed by atoms with E-state index in [1.165, 1.54) is 19.4 Å². The molecule has 1 aliphatic rings. The van der Waals surface area contributed by atoms with Crippen molar-refractivity contribution in [1.82, 2.24) is 4.90 Å². The van der Waals surface area contributed by atoms with Crippen LogP contribution in [-0.4, -0.2) is 43.8 Å². The third-order valence-electron chi connectivity index (χ3n) is 3.60. The topological polar surface area (TPSA) is 38.5 Å². The lowest BCUT2D eigenvalue weighted by molar-refractivity contribution is -0.0888. The summed E-state index contributed by atoms with van der Waals surface area (Å²) in [6.07, 6.45) is 3.54. The van der Waals surface area contributed by atoms with Crippen molar-refractivity contribution >= 4 is 0 Å². The normalized spacial score (nSPS) is 27.6. The lowest BCUT2D eigenvalue weighted by Gasteiger charge is -2.42. The molecule has 0 aromatic rings. The molecule has 90 valence electrons. The summed E-state index contributed by atoms with van der Waals surface area (Å²) < 4.78 is 5.95. The molecule has 1 saturated heterocycles. The van der Waals surface area contributed by atoms with Crippen LogP contribution in [0, 0.1) is 5.92 Å². The van der Waals surface area contributed by atoms with Crippen molar-refractivity contribution in [2.24, 2.45) is 11.7 Å². The molecule has 3 heteroatoms. The Labute approximate surface area is 94.0 Å². The van der Waals surface area contributed by atoms with Crippen molar-refractivity contribution in [3.8, 4) is 0 Å². The molecule has 2 N–H and O–H groups in total. The van der Waals surface area contributed by atoms with Crippen LogP contribution in [-0.2, 0) is 4.74 Å². The summed E-state index contributed by atoms with van der Waals surface area (Å²) in [4.78, 5) is 2.40. The van der Waals surface area contributed by atoms with Crippen LogP contribution in [0.15, 0.2) is 0 Å². The van der Waals surface area contributed by atoms with Crippen LogP contribution >= 0.6 is 0 Å². The van der Waals surface area contributed by atoms with Gasteiger partial charge in [-0.3, -0.25) is 0 Å². The van der Waals surface area contributed by atoms with E-state index in [2.05, 4.69) is 25.8 Å². The minimum absolute atomic E-state index is 0.0157. The lowest BCUT2D eigenvalue weighted by Crippen LogP contribution is -2.47. The number of rotatable bonds is 5. The maximum absolute atomic E-state index is 5.95. The first kappa shape index (κ1) is 12.9. The Morgan fingerprint density at radius 1 is 1.53 bits per heavy atom. The molecule has 1 heterocycles. The number of piperidine rings is 1. The highest BCUT2D eigenvalue weighted by Gasteiger charge is 2.36. The second kappa shape index (κ2) is 5.83. The number of likely N-dealkylation sites (tertiary alicyclic amines) is 1. The molecule has 0 radical (unpaired) electrons. The van der Waals surface area contributed by atoms with Crippen molar-refractivity contribution in [2.75, 3.05) is 33.3 Å². The zero-order chi connectivity index (χ0) is 11.3. The van der Waals surface area contributed by atoms with Gasteiger partial charge in [0.15, 0.2) is 0 Å². The molecule has 0 saturated carbocycles. The maximum atomic E-state index is 5.95. The molecule has 0 spiro atoms. The lowest BCUT2D eigenvalue weighted by atomic mass is 9.80. The highest BCUT2D eigenvalue weighted by Crippen LogP contribution is 2.32. The minimum atomic E-state index is -0.0157. The smallest absolute Gasteiger partial charge is 0.0706 e. The van der Waals surface area contributed by atoms with Gasteiger partial charge >= 0.3 is 0 Å². The Balaban J connectivity index is 2.60. The van der Waals surface area contributed by atoms with Gasteiger partial charge in [0.1, 0.15) is 0 Å². The van der Waals surface area contributed by atoms with Crippen molar-refractivity contribution in [1.29, 1.82) is 0 Å². The monoisotopic (exact) mass is 214 g/mol. The van der Waals surface area contributed by atoms with Gasteiger partial charge < -0.3 is 15.4 Å². The quantitative estimate of drug-likeness (QED) is 0.753.